The number of carbonyl (C=O) groups excluding carboxylic acids is 1. The number of alkyl halides is 3. The molecule has 1 saturated carbocycles. The molecule has 1 aliphatic heterocycles. The Morgan fingerprint density at radius 3 is 2.54 bits per heavy atom. The lowest BCUT2D eigenvalue weighted by Crippen LogP contribution is -2.47. The second kappa shape index (κ2) is 7.76. The van der Waals surface area contributed by atoms with Crippen LogP contribution >= 0.6 is 15.9 Å². The van der Waals surface area contributed by atoms with E-state index in [0.29, 0.717) is 6.04 Å². The van der Waals surface area contributed by atoms with Gasteiger partial charge in [-0.2, -0.15) is 13.2 Å². The molecule has 2 fully saturated rings. The third-order valence-corrected chi connectivity index (χ3v) is 5.86. The molecule has 1 amide bonds. The Balaban J connectivity index is 1.81. The van der Waals surface area contributed by atoms with Crippen LogP contribution in [0.2, 0.25) is 0 Å². The van der Waals surface area contributed by atoms with E-state index in [4.69, 9.17) is 4.74 Å². The fourth-order valence-electron chi connectivity index (χ4n) is 3.99. The number of methoxy groups -OCH3 is 1. The van der Waals surface area contributed by atoms with Crippen LogP contribution in [0.1, 0.15) is 48.0 Å². The lowest BCUT2D eigenvalue weighted by atomic mass is 10.1. The van der Waals surface area contributed by atoms with Crippen LogP contribution in [0.4, 0.5) is 13.2 Å². The quantitative estimate of drug-likeness (QED) is 0.770. The van der Waals surface area contributed by atoms with Gasteiger partial charge >= 0.3 is 6.18 Å². The molecule has 4 nitrogen and oxygen atoms in total. The molecule has 1 N–H and O–H groups in total. The maximum Gasteiger partial charge on any atom is 0.416 e. The first-order valence-corrected chi connectivity index (χ1v) is 9.60. The fraction of sp³-hybridized carbons (Fsp3) is 0.611. The SMILES string of the molecule is COc1cc(C(F)(F)F)cc(Br)c1C(=O)NC1CCCC1N1CCCC1. The molecule has 1 aliphatic carbocycles. The summed E-state index contributed by atoms with van der Waals surface area (Å²) in [5.41, 5.74) is -0.749. The molecule has 2 aliphatic rings. The number of hydrogen-bond donors (Lipinski definition) is 1. The fourth-order valence-corrected chi connectivity index (χ4v) is 4.61. The van der Waals surface area contributed by atoms with Gasteiger partial charge in [0.15, 0.2) is 0 Å². The molecule has 0 spiro atoms. The monoisotopic (exact) mass is 434 g/mol. The zero-order valence-electron chi connectivity index (χ0n) is 14.5. The summed E-state index contributed by atoms with van der Waals surface area (Å²) in [6.07, 6.45) is 0.809. The van der Waals surface area contributed by atoms with Crippen molar-refractivity contribution >= 4 is 21.8 Å². The molecule has 2 unspecified atom stereocenters. The number of hydrogen-bond acceptors (Lipinski definition) is 3. The van der Waals surface area contributed by atoms with E-state index in [9.17, 15) is 18.0 Å². The van der Waals surface area contributed by atoms with Crippen LogP contribution in [0.5, 0.6) is 5.75 Å². The molecule has 0 radical (unpaired) electrons. The minimum Gasteiger partial charge on any atom is -0.496 e. The van der Waals surface area contributed by atoms with Crippen LogP contribution in [-0.2, 0) is 6.18 Å². The van der Waals surface area contributed by atoms with Gasteiger partial charge in [0.2, 0.25) is 0 Å². The Kier molecular flexibility index (Phi) is 5.81. The van der Waals surface area contributed by atoms with Crippen molar-refractivity contribution in [3.8, 4) is 5.75 Å². The van der Waals surface area contributed by atoms with E-state index in [2.05, 4.69) is 26.1 Å². The summed E-state index contributed by atoms with van der Waals surface area (Å²) in [5, 5.41) is 3.02. The smallest absolute Gasteiger partial charge is 0.416 e. The van der Waals surface area contributed by atoms with Crippen molar-refractivity contribution in [2.75, 3.05) is 20.2 Å². The lowest BCUT2D eigenvalue weighted by molar-refractivity contribution is -0.137. The van der Waals surface area contributed by atoms with Gasteiger partial charge in [0.1, 0.15) is 5.75 Å². The van der Waals surface area contributed by atoms with Gasteiger partial charge in [0, 0.05) is 16.6 Å². The van der Waals surface area contributed by atoms with Crippen LogP contribution in [0.25, 0.3) is 0 Å². The Morgan fingerprint density at radius 1 is 1.23 bits per heavy atom. The highest BCUT2D eigenvalue weighted by Gasteiger charge is 2.36. The lowest BCUT2D eigenvalue weighted by Gasteiger charge is -2.30. The second-order valence-electron chi connectivity index (χ2n) is 6.85. The highest BCUT2D eigenvalue weighted by Crippen LogP contribution is 2.37. The molecule has 26 heavy (non-hydrogen) atoms. The molecule has 0 bridgehead atoms. The molecule has 8 heteroatoms. The van der Waals surface area contributed by atoms with Gasteiger partial charge in [-0.05, 0) is 73.3 Å². The number of amides is 1. The number of likely N-dealkylation sites (tertiary alicyclic amines) is 1. The van der Waals surface area contributed by atoms with E-state index >= 15 is 0 Å². The second-order valence-corrected chi connectivity index (χ2v) is 7.71. The average Bonchev–Trinajstić information content (AvgIpc) is 3.23. The molecule has 2 atom stereocenters. The maximum atomic E-state index is 13.0. The van der Waals surface area contributed by atoms with Crippen molar-refractivity contribution in [3.05, 3.63) is 27.7 Å². The van der Waals surface area contributed by atoms with E-state index in [0.717, 1.165) is 44.5 Å². The van der Waals surface area contributed by atoms with Gasteiger partial charge in [-0.25, -0.2) is 0 Å². The van der Waals surface area contributed by atoms with Crippen LogP contribution in [0.15, 0.2) is 16.6 Å². The van der Waals surface area contributed by atoms with Crippen LogP contribution in [0.3, 0.4) is 0 Å². The van der Waals surface area contributed by atoms with Crippen molar-refractivity contribution in [1.29, 1.82) is 0 Å². The summed E-state index contributed by atoms with van der Waals surface area (Å²) in [6, 6.07) is 2.11. The Labute approximate surface area is 159 Å². The maximum absolute atomic E-state index is 13.0. The highest BCUT2D eigenvalue weighted by atomic mass is 79.9. The van der Waals surface area contributed by atoms with Gasteiger partial charge in [-0.3, -0.25) is 9.69 Å². The third kappa shape index (κ3) is 4.01. The Bertz CT molecular complexity index is 675. The van der Waals surface area contributed by atoms with E-state index in [1.54, 1.807) is 0 Å². The van der Waals surface area contributed by atoms with Crippen molar-refractivity contribution in [1.82, 2.24) is 10.2 Å². The first-order valence-electron chi connectivity index (χ1n) is 8.81. The van der Waals surface area contributed by atoms with E-state index in [1.165, 1.54) is 20.0 Å². The number of ether oxygens (including phenoxy) is 1. The summed E-state index contributed by atoms with van der Waals surface area (Å²) in [4.78, 5) is 15.2. The van der Waals surface area contributed by atoms with Crippen LogP contribution < -0.4 is 10.1 Å². The number of halogens is 4. The number of benzene rings is 1. The summed E-state index contributed by atoms with van der Waals surface area (Å²) >= 11 is 3.11. The van der Waals surface area contributed by atoms with E-state index in [1.807, 2.05) is 0 Å². The van der Waals surface area contributed by atoms with Gasteiger partial charge in [0.05, 0.1) is 18.2 Å². The van der Waals surface area contributed by atoms with E-state index in [-0.39, 0.29) is 21.8 Å². The summed E-state index contributed by atoms with van der Waals surface area (Å²) in [5.74, 6) is -0.488. The minimum absolute atomic E-state index is 0.0134. The Hall–Kier alpha value is -1.28. The summed E-state index contributed by atoms with van der Waals surface area (Å²) in [6.45, 7) is 2.09. The third-order valence-electron chi connectivity index (χ3n) is 5.23. The molecule has 1 heterocycles. The van der Waals surface area contributed by atoms with Crippen LogP contribution in [0, 0.1) is 0 Å². The molecular weight excluding hydrogens is 413 g/mol. The molecule has 0 aromatic heterocycles. The summed E-state index contributed by atoms with van der Waals surface area (Å²) < 4.78 is 44.1. The number of carbonyl (C=O) groups is 1. The van der Waals surface area contributed by atoms with Gasteiger partial charge in [-0.15, -0.1) is 0 Å². The topological polar surface area (TPSA) is 41.6 Å². The average molecular weight is 435 g/mol. The first kappa shape index (κ1) is 19.5. The van der Waals surface area contributed by atoms with Gasteiger partial charge < -0.3 is 10.1 Å². The van der Waals surface area contributed by atoms with E-state index < -0.39 is 17.6 Å². The molecule has 1 saturated heterocycles. The number of nitrogens with zero attached hydrogens (tertiary/aromatic N) is 1. The number of rotatable bonds is 4. The van der Waals surface area contributed by atoms with Gasteiger partial charge in [-0.1, -0.05) is 0 Å². The molecule has 144 valence electrons. The molecule has 3 rings (SSSR count). The Morgan fingerprint density at radius 2 is 1.92 bits per heavy atom. The predicted octanol–water partition coefficient (Wildman–Crippen LogP) is 4.22. The molecular formula is C18H22BrF3N2O2. The summed E-state index contributed by atoms with van der Waals surface area (Å²) in [7, 11) is 1.27. The first-order chi connectivity index (χ1) is 12.3. The van der Waals surface area contributed by atoms with Crippen molar-refractivity contribution in [2.45, 2.75) is 50.4 Å². The largest absolute Gasteiger partial charge is 0.496 e. The molecule has 1 aromatic rings. The predicted molar refractivity (Wildman–Crippen MR) is 95.4 cm³/mol. The normalized spacial score (nSPS) is 24.0. The minimum atomic E-state index is -4.50. The van der Waals surface area contributed by atoms with Crippen molar-refractivity contribution < 1.29 is 22.7 Å². The number of nitrogens with one attached hydrogen (secondary N) is 1. The van der Waals surface area contributed by atoms with Crippen LogP contribution in [-0.4, -0.2) is 43.1 Å². The molecule has 1 aromatic carbocycles. The standard InChI is InChI=1S/C18H22BrF3N2O2/c1-26-15-10-11(18(20,21)22)9-12(19)16(15)17(25)23-13-5-4-6-14(13)24-7-2-3-8-24/h9-10,13-14H,2-8H2,1H3,(H,23,25). The van der Waals surface area contributed by atoms with Gasteiger partial charge in [0.25, 0.3) is 5.91 Å². The van der Waals surface area contributed by atoms with Crippen molar-refractivity contribution in [2.24, 2.45) is 0 Å². The zero-order valence-corrected chi connectivity index (χ0v) is 16.1. The zero-order chi connectivity index (χ0) is 18.9. The van der Waals surface area contributed by atoms with Crippen molar-refractivity contribution in [3.63, 3.8) is 0 Å². The highest BCUT2D eigenvalue weighted by molar-refractivity contribution is 9.10.